The number of ketones is 1. The molecule has 94 valence electrons. The molecule has 5 heteroatoms. The Bertz CT molecular complexity index is 245. The Morgan fingerprint density at radius 1 is 1.25 bits per heavy atom. The first-order valence-corrected chi connectivity index (χ1v) is 5.25. The van der Waals surface area contributed by atoms with Crippen LogP contribution in [0.4, 0.5) is 0 Å². The third-order valence-electron chi connectivity index (χ3n) is 1.91. The van der Waals surface area contributed by atoms with Gasteiger partial charge >= 0.3 is 5.97 Å². The Morgan fingerprint density at radius 2 is 1.81 bits per heavy atom. The molecular formula is C11H21NO4. The zero-order valence-corrected chi connectivity index (χ0v) is 10.4. The Morgan fingerprint density at radius 3 is 2.25 bits per heavy atom. The summed E-state index contributed by atoms with van der Waals surface area (Å²) in [7, 11) is 1.29. The Labute approximate surface area is 96.3 Å². The van der Waals surface area contributed by atoms with Gasteiger partial charge in [0, 0.05) is 6.42 Å². The van der Waals surface area contributed by atoms with E-state index in [4.69, 9.17) is 10.5 Å². The van der Waals surface area contributed by atoms with Crippen LogP contribution in [-0.4, -0.2) is 37.1 Å². The average Bonchev–Trinajstić information content (AvgIpc) is 2.20. The van der Waals surface area contributed by atoms with Crippen LogP contribution in [0.2, 0.25) is 0 Å². The van der Waals surface area contributed by atoms with Crippen molar-refractivity contribution in [3.05, 3.63) is 0 Å². The SMILES string of the molecule is COC(=O)CCC(=O)C(N)COC(C)(C)C. The third-order valence-corrected chi connectivity index (χ3v) is 1.91. The van der Waals surface area contributed by atoms with Crippen molar-refractivity contribution in [3.8, 4) is 0 Å². The van der Waals surface area contributed by atoms with E-state index in [-0.39, 0.29) is 30.8 Å². The highest BCUT2D eigenvalue weighted by atomic mass is 16.5. The normalized spacial score (nSPS) is 13.3. The van der Waals surface area contributed by atoms with Crippen molar-refractivity contribution in [2.75, 3.05) is 13.7 Å². The Kier molecular flexibility index (Phi) is 6.21. The first-order chi connectivity index (χ1) is 7.26. The number of carbonyl (C=O) groups excluding carboxylic acids is 2. The summed E-state index contributed by atoms with van der Waals surface area (Å²) in [6.45, 7) is 5.83. The van der Waals surface area contributed by atoms with Crippen LogP contribution in [0, 0.1) is 0 Å². The van der Waals surface area contributed by atoms with Gasteiger partial charge in [-0.25, -0.2) is 0 Å². The summed E-state index contributed by atoms with van der Waals surface area (Å²) >= 11 is 0. The lowest BCUT2D eigenvalue weighted by Crippen LogP contribution is -2.38. The highest BCUT2D eigenvalue weighted by Crippen LogP contribution is 2.07. The zero-order chi connectivity index (χ0) is 12.8. The molecule has 0 aliphatic carbocycles. The minimum atomic E-state index is -0.677. The van der Waals surface area contributed by atoms with Crippen molar-refractivity contribution in [2.45, 2.75) is 45.3 Å². The zero-order valence-electron chi connectivity index (χ0n) is 10.4. The van der Waals surface area contributed by atoms with E-state index in [9.17, 15) is 9.59 Å². The first-order valence-electron chi connectivity index (χ1n) is 5.25. The van der Waals surface area contributed by atoms with Crippen LogP contribution in [0.3, 0.4) is 0 Å². The molecule has 0 spiro atoms. The minimum absolute atomic E-state index is 0.0680. The van der Waals surface area contributed by atoms with Gasteiger partial charge in [0.25, 0.3) is 0 Å². The van der Waals surface area contributed by atoms with Crippen LogP contribution in [0.5, 0.6) is 0 Å². The maximum atomic E-state index is 11.5. The maximum absolute atomic E-state index is 11.5. The molecule has 0 saturated heterocycles. The number of carbonyl (C=O) groups is 2. The molecule has 0 aromatic heterocycles. The Hall–Kier alpha value is -0.940. The van der Waals surface area contributed by atoms with Crippen molar-refractivity contribution >= 4 is 11.8 Å². The molecule has 0 saturated carbocycles. The van der Waals surface area contributed by atoms with Gasteiger partial charge in [0.05, 0.1) is 31.8 Å². The fourth-order valence-corrected chi connectivity index (χ4v) is 0.945. The van der Waals surface area contributed by atoms with Crippen LogP contribution >= 0.6 is 0 Å². The number of ether oxygens (including phenoxy) is 2. The van der Waals surface area contributed by atoms with E-state index < -0.39 is 12.0 Å². The number of hydrogen-bond donors (Lipinski definition) is 1. The van der Waals surface area contributed by atoms with Crippen molar-refractivity contribution in [1.82, 2.24) is 0 Å². The summed E-state index contributed by atoms with van der Waals surface area (Å²) in [5, 5.41) is 0. The standard InChI is InChI=1S/C11H21NO4/c1-11(2,3)16-7-8(12)9(13)5-6-10(14)15-4/h8H,5-7,12H2,1-4H3. The topological polar surface area (TPSA) is 78.6 Å². The summed E-state index contributed by atoms with van der Waals surface area (Å²) in [5.74, 6) is -0.591. The van der Waals surface area contributed by atoms with E-state index in [0.29, 0.717) is 0 Å². The monoisotopic (exact) mass is 231 g/mol. The summed E-state index contributed by atoms with van der Waals surface area (Å²) in [6, 6.07) is -0.677. The molecule has 0 heterocycles. The number of methoxy groups -OCH3 is 1. The average molecular weight is 231 g/mol. The Balaban J connectivity index is 3.86. The van der Waals surface area contributed by atoms with Crippen LogP contribution < -0.4 is 5.73 Å². The molecule has 0 fully saturated rings. The molecule has 16 heavy (non-hydrogen) atoms. The van der Waals surface area contributed by atoms with Crippen LogP contribution in [0.1, 0.15) is 33.6 Å². The molecule has 0 aromatic rings. The molecule has 1 unspecified atom stereocenters. The second kappa shape index (κ2) is 6.60. The second-order valence-corrected chi connectivity index (χ2v) is 4.57. The smallest absolute Gasteiger partial charge is 0.305 e. The molecule has 0 aliphatic heterocycles. The lowest BCUT2D eigenvalue weighted by Gasteiger charge is -2.21. The molecule has 0 rings (SSSR count). The van der Waals surface area contributed by atoms with Crippen molar-refractivity contribution in [2.24, 2.45) is 5.73 Å². The van der Waals surface area contributed by atoms with Crippen molar-refractivity contribution in [3.63, 3.8) is 0 Å². The largest absolute Gasteiger partial charge is 0.469 e. The lowest BCUT2D eigenvalue weighted by molar-refractivity contribution is -0.142. The molecule has 0 radical (unpaired) electrons. The quantitative estimate of drug-likeness (QED) is 0.679. The summed E-state index contributed by atoms with van der Waals surface area (Å²) < 4.78 is 9.81. The second-order valence-electron chi connectivity index (χ2n) is 4.57. The van der Waals surface area contributed by atoms with Gasteiger partial charge in [-0.15, -0.1) is 0 Å². The van der Waals surface area contributed by atoms with E-state index in [1.165, 1.54) is 7.11 Å². The predicted molar refractivity (Wildman–Crippen MR) is 59.9 cm³/mol. The van der Waals surface area contributed by atoms with Crippen LogP contribution in [0.15, 0.2) is 0 Å². The number of esters is 1. The van der Waals surface area contributed by atoms with E-state index in [1.807, 2.05) is 20.8 Å². The van der Waals surface area contributed by atoms with E-state index in [1.54, 1.807) is 0 Å². The van der Waals surface area contributed by atoms with Crippen LogP contribution in [0.25, 0.3) is 0 Å². The minimum Gasteiger partial charge on any atom is -0.469 e. The molecule has 0 aliphatic rings. The number of nitrogens with two attached hydrogens (primary N) is 1. The highest BCUT2D eigenvalue weighted by Gasteiger charge is 2.18. The van der Waals surface area contributed by atoms with E-state index in [0.717, 1.165) is 0 Å². The lowest BCUT2D eigenvalue weighted by atomic mass is 10.1. The van der Waals surface area contributed by atoms with Gasteiger partial charge in [-0.05, 0) is 20.8 Å². The van der Waals surface area contributed by atoms with Gasteiger partial charge in [0.1, 0.15) is 0 Å². The van der Waals surface area contributed by atoms with Crippen LogP contribution in [-0.2, 0) is 19.1 Å². The van der Waals surface area contributed by atoms with Gasteiger partial charge < -0.3 is 15.2 Å². The first kappa shape index (κ1) is 15.1. The predicted octanol–water partition coefficient (Wildman–Crippen LogP) is 0.651. The van der Waals surface area contributed by atoms with Gasteiger partial charge in [0.2, 0.25) is 0 Å². The molecule has 0 amide bonds. The highest BCUT2D eigenvalue weighted by molar-refractivity contribution is 5.86. The maximum Gasteiger partial charge on any atom is 0.305 e. The molecule has 0 bridgehead atoms. The van der Waals surface area contributed by atoms with Crippen molar-refractivity contribution in [1.29, 1.82) is 0 Å². The fourth-order valence-electron chi connectivity index (χ4n) is 0.945. The van der Waals surface area contributed by atoms with Crippen molar-refractivity contribution < 1.29 is 19.1 Å². The van der Waals surface area contributed by atoms with Gasteiger partial charge in [-0.2, -0.15) is 0 Å². The summed E-state index contributed by atoms with van der Waals surface area (Å²) in [4.78, 5) is 22.3. The van der Waals surface area contributed by atoms with E-state index in [2.05, 4.69) is 4.74 Å². The summed E-state index contributed by atoms with van der Waals surface area (Å²) in [6.07, 6.45) is 0.167. The van der Waals surface area contributed by atoms with E-state index >= 15 is 0 Å². The molecule has 1 atom stereocenters. The molecule has 2 N–H and O–H groups in total. The number of rotatable bonds is 6. The number of Topliss-reactive ketones (excluding diaryl/α,β-unsaturated/α-hetero) is 1. The summed E-state index contributed by atoms with van der Waals surface area (Å²) in [5.41, 5.74) is 5.31. The molecular weight excluding hydrogens is 210 g/mol. The van der Waals surface area contributed by atoms with Gasteiger partial charge in [-0.1, -0.05) is 0 Å². The van der Waals surface area contributed by atoms with Gasteiger partial charge in [-0.3, -0.25) is 9.59 Å². The van der Waals surface area contributed by atoms with Gasteiger partial charge in [0.15, 0.2) is 5.78 Å². The molecule has 0 aromatic carbocycles. The third kappa shape index (κ3) is 7.36. The fraction of sp³-hybridized carbons (Fsp3) is 0.818. The molecule has 5 nitrogen and oxygen atoms in total. The number of hydrogen-bond acceptors (Lipinski definition) is 5.